The van der Waals surface area contributed by atoms with Gasteiger partial charge in [0.1, 0.15) is 0 Å². The Labute approximate surface area is 131 Å². The fourth-order valence-electron chi connectivity index (χ4n) is 2.43. The maximum atomic E-state index is 12.1. The van der Waals surface area contributed by atoms with Gasteiger partial charge < -0.3 is 16.0 Å². The highest BCUT2D eigenvalue weighted by Crippen LogP contribution is 2.21. The van der Waals surface area contributed by atoms with E-state index >= 15 is 0 Å². The zero-order valence-corrected chi connectivity index (χ0v) is 12.9. The van der Waals surface area contributed by atoms with Crippen LogP contribution in [0.4, 0.5) is 10.5 Å². The Balaban J connectivity index is 0.00000200. The molecule has 1 saturated heterocycles. The molecule has 1 aliphatic heterocycles. The summed E-state index contributed by atoms with van der Waals surface area (Å²) in [6, 6.07) is 7.15. The molecule has 2 rings (SSSR count). The summed E-state index contributed by atoms with van der Waals surface area (Å²) in [6.07, 6.45) is 3.14. The molecule has 3 N–H and O–H groups in total. The molecule has 1 heterocycles. The number of hydrogen-bond acceptors (Lipinski definition) is 2. The van der Waals surface area contributed by atoms with Gasteiger partial charge in [-0.3, -0.25) is 0 Å². The van der Waals surface area contributed by atoms with Crippen LogP contribution in [0.1, 0.15) is 19.3 Å². The minimum absolute atomic E-state index is 0. The average molecular weight is 318 g/mol. The van der Waals surface area contributed by atoms with E-state index in [1.807, 2.05) is 17.0 Å². The third kappa shape index (κ3) is 4.85. The monoisotopic (exact) mass is 317 g/mol. The molecule has 0 spiro atoms. The van der Waals surface area contributed by atoms with Gasteiger partial charge in [0.25, 0.3) is 0 Å². The van der Waals surface area contributed by atoms with Gasteiger partial charge in [-0.15, -0.1) is 12.4 Å². The molecular weight excluding hydrogens is 297 g/mol. The second-order valence-electron chi connectivity index (χ2n) is 4.95. The summed E-state index contributed by atoms with van der Waals surface area (Å²) in [7, 11) is 0. The number of hydrogen-bond donors (Lipinski definition) is 2. The third-order valence-electron chi connectivity index (χ3n) is 3.55. The number of urea groups is 1. The van der Waals surface area contributed by atoms with Crippen LogP contribution in [-0.2, 0) is 0 Å². The van der Waals surface area contributed by atoms with E-state index in [0.717, 1.165) is 44.6 Å². The first-order valence-electron chi connectivity index (χ1n) is 6.70. The fraction of sp³-hybridized carbons (Fsp3) is 0.500. The van der Waals surface area contributed by atoms with Crippen LogP contribution in [0.25, 0.3) is 0 Å². The second kappa shape index (κ2) is 8.35. The van der Waals surface area contributed by atoms with Gasteiger partial charge in [-0.2, -0.15) is 0 Å². The van der Waals surface area contributed by atoms with E-state index in [-0.39, 0.29) is 18.4 Å². The number of nitrogens with zero attached hydrogens (tertiary/aromatic N) is 1. The van der Waals surface area contributed by atoms with Gasteiger partial charge in [-0.1, -0.05) is 17.7 Å². The lowest BCUT2D eigenvalue weighted by atomic mass is 9.94. The minimum atomic E-state index is -0.0477. The predicted octanol–water partition coefficient (Wildman–Crippen LogP) is 3.35. The van der Waals surface area contributed by atoms with Crippen molar-refractivity contribution in [1.29, 1.82) is 0 Å². The number of nitrogens with one attached hydrogen (secondary N) is 1. The van der Waals surface area contributed by atoms with Crippen LogP contribution in [0.5, 0.6) is 0 Å². The maximum absolute atomic E-state index is 12.1. The first-order valence-corrected chi connectivity index (χ1v) is 7.08. The summed E-state index contributed by atoms with van der Waals surface area (Å²) >= 11 is 5.89. The lowest BCUT2D eigenvalue weighted by Gasteiger charge is -2.31. The van der Waals surface area contributed by atoms with Crippen LogP contribution in [0.2, 0.25) is 5.02 Å². The van der Waals surface area contributed by atoms with E-state index in [1.165, 1.54) is 0 Å². The highest BCUT2D eigenvalue weighted by molar-refractivity contribution is 6.30. The molecule has 1 aliphatic rings. The number of carbonyl (C=O) groups excluding carboxylic acids is 1. The number of rotatable bonds is 3. The quantitative estimate of drug-likeness (QED) is 0.898. The van der Waals surface area contributed by atoms with Crippen LogP contribution < -0.4 is 11.1 Å². The van der Waals surface area contributed by atoms with Gasteiger partial charge >= 0.3 is 6.03 Å². The Hall–Kier alpha value is -0.970. The van der Waals surface area contributed by atoms with Crippen LogP contribution in [-0.4, -0.2) is 30.6 Å². The molecule has 0 radical (unpaired) electrons. The van der Waals surface area contributed by atoms with E-state index in [9.17, 15) is 4.79 Å². The molecule has 0 atom stereocenters. The molecule has 112 valence electrons. The lowest BCUT2D eigenvalue weighted by Crippen LogP contribution is -2.41. The molecular formula is C14H21Cl2N3O. The van der Waals surface area contributed by atoms with Crippen molar-refractivity contribution in [1.82, 2.24) is 4.90 Å². The summed E-state index contributed by atoms with van der Waals surface area (Å²) in [5, 5.41) is 3.50. The standard InChI is InChI=1S/C14H20ClN3O.ClH/c15-12-2-1-3-13(10-12)17-14(19)18-8-5-11(4-7-16)6-9-18;/h1-3,10-11H,4-9,16H2,(H,17,19);1H. The summed E-state index contributed by atoms with van der Waals surface area (Å²) in [6.45, 7) is 2.34. The van der Waals surface area contributed by atoms with Gasteiger partial charge in [0, 0.05) is 23.8 Å². The molecule has 4 nitrogen and oxygen atoms in total. The normalized spacial score (nSPS) is 15.6. The summed E-state index contributed by atoms with van der Waals surface area (Å²) in [5.41, 5.74) is 6.30. The first-order chi connectivity index (χ1) is 9.19. The molecule has 1 fully saturated rings. The molecule has 20 heavy (non-hydrogen) atoms. The number of anilines is 1. The van der Waals surface area contributed by atoms with Gasteiger partial charge in [0.05, 0.1) is 0 Å². The third-order valence-corrected chi connectivity index (χ3v) is 3.79. The van der Waals surface area contributed by atoms with Gasteiger partial charge in [-0.25, -0.2) is 4.79 Å². The molecule has 6 heteroatoms. The van der Waals surface area contributed by atoms with E-state index < -0.39 is 0 Å². The Kier molecular flexibility index (Phi) is 7.13. The van der Waals surface area contributed by atoms with E-state index in [0.29, 0.717) is 10.9 Å². The molecule has 0 aliphatic carbocycles. The zero-order valence-electron chi connectivity index (χ0n) is 11.3. The Bertz CT molecular complexity index is 434. The number of nitrogens with two attached hydrogens (primary N) is 1. The molecule has 0 bridgehead atoms. The van der Waals surface area contributed by atoms with Crippen molar-refractivity contribution >= 4 is 35.7 Å². The number of benzene rings is 1. The number of carbonyl (C=O) groups is 1. The first kappa shape index (κ1) is 17.1. The summed E-state index contributed by atoms with van der Waals surface area (Å²) < 4.78 is 0. The SMILES string of the molecule is Cl.NCCC1CCN(C(=O)Nc2cccc(Cl)c2)CC1. The van der Waals surface area contributed by atoms with Crippen molar-refractivity contribution in [2.45, 2.75) is 19.3 Å². The second-order valence-corrected chi connectivity index (χ2v) is 5.38. The molecule has 1 aromatic carbocycles. The van der Waals surface area contributed by atoms with E-state index in [1.54, 1.807) is 12.1 Å². The molecule has 0 saturated carbocycles. The van der Waals surface area contributed by atoms with Crippen molar-refractivity contribution in [2.75, 3.05) is 25.0 Å². The zero-order chi connectivity index (χ0) is 13.7. The van der Waals surface area contributed by atoms with Crippen molar-refractivity contribution in [2.24, 2.45) is 11.7 Å². The number of likely N-dealkylation sites (tertiary alicyclic amines) is 1. The largest absolute Gasteiger partial charge is 0.330 e. The van der Waals surface area contributed by atoms with Crippen molar-refractivity contribution in [3.05, 3.63) is 29.3 Å². The Morgan fingerprint density at radius 2 is 2.10 bits per heavy atom. The summed E-state index contributed by atoms with van der Waals surface area (Å²) in [4.78, 5) is 13.9. The molecule has 0 unspecified atom stereocenters. The van der Waals surface area contributed by atoms with Gasteiger partial charge in [-0.05, 0) is 49.9 Å². The van der Waals surface area contributed by atoms with Crippen LogP contribution in [0, 0.1) is 5.92 Å². The Morgan fingerprint density at radius 1 is 1.40 bits per heavy atom. The highest BCUT2D eigenvalue weighted by Gasteiger charge is 2.22. The topological polar surface area (TPSA) is 58.4 Å². The number of piperidine rings is 1. The summed E-state index contributed by atoms with van der Waals surface area (Å²) in [5.74, 6) is 0.667. The van der Waals surface area contributed by atoms with Crippen LogP contribution in [0.15, 0.2) is 24.3 Å². The lowest BCUT2D eigenvalue weighted by molar-refractivity contribution is 0.180. The van der Waals surface area contributed by atoms with Gasteiger partial charge in [0.2, 0.25) is 0 Å². The fourth-order valence-corrected chi connectivity index (χ4v) is 2.62. The van der Waals surface area contributed by atoms with Crippen molar-refractivity contribution in [3.8, 4) is 0 Å². The number of amides is 2. The van der Waals surface area contributed by atoms with E-state index in [2.05, 4.69) is 5.32 Å². The molecule has 2 amide bonds. The van der Waals surface area contributed by atoms with Crippen molar-refractivity contribution < 1.29 is 4.79 Å². The molecule has 1 aromatic rings. The average Bonchev–Trinajstić information content (AvgIpc) is 2.40. The van der Waals surface area contributed by atoms with Crippen molar-refractivity contribution in [3.63, 3.8) is 0 Å². The Morgan fingerprint density at radius 3 is 2.70 bits per heavy atom. The van der Waals surface area contributed by atoms with E-state index in [4.69, 9.17) is 17.3 Å². The van der Waals surface area contributed by atoms with Gasteiger partial charge in [0.15, 0.2) is 0 Å². The number of halogens is 2. The minimum Gasteiger partial charge on any atom is -0.330 e. The van der Waals surface area contributed by atoms with Crippen LogP contribution in [0.3, 0.4) is 0 Å². The van der Waals surface area contributed by atoms with Crippen LogP contribution >= 0.6 is 24.0 Å². The molecule has 0 aromatic heterocycles. The highest BCUT2D eigenvalue weighted by atomic mass is 35.5. The smallest absolute Gasteiger partial charge is 0.321 e. The maximum Gasteiger partial charge on any atom is 0.321 e. The predicted molar refractivity (Wildman–Crippen MR) is 85.7 cm³/mol.